The molecule has 23 heavy (non-hydrogen) atoms. The van der Waals surface area contributed by atoms with Crippen LogP contribution in [0.1, 0.15) is 45.3 Å². The molecule has 0 aliphatic carbocycles. The fourth-order valence-corrected chi connectivity index (χ4v) is 2.83. The number of nitrogens with one attached hydrogen (secondary N) is 2. The van der Waals surface area contributed by atoms with Crippen LogP contribution >= 0.6 is 24.0 Å². The van der Waals surface area contributed by atoms with Crippen molar-refractivity contribution in [3.8, 4) is 0 Å². The zero-order chi connectivity index (χ0) is 16.0. The number of hydrogen-bond donors (Lipinski definition) is 2. The first-order valence-electron chi connectivity index (χ1n) is 8.15. The van der Waals surface area contributed by atoms with Gasteiger partial charge in [0.1, 0.15) is 0 Å². The van der Waals surface area contributed by atoms with Crippen molar-refractivity contribution in [3.63, 3.8) is 0 Å². The van der Waals surface area contributed by atoms with Crippen LogP contribution in [0.15, 0.2) is 35.3 Å². The van der Waals surface area contributed by atoms with E-state index in [4.69, 9.17) is 4.74 Å². The number of ether oxygens (including phenoxy) is 1. The van der Waals surface area contributed by atoms with Gasteiger partial charge in [-0.05, 0) is 39.2 Å². The number of halogens is 1. The van der Waals surface area contributed by atoms with Gasteiger partial charge in [-0.25, -0.2) is 0 Å². The molecule has 2 unspecified atom stereocenters. The maximum atomic E-state index is 6.04. The van der Waals surface area contributed by atoms with Crippen LogP contribution in [0.2, 0.25) is 0 Å². The lowest BCUT2D eigenvalue weighted by Crippen LogP contribution is -2.49. The molecule has 0 radical (unpaired) electrons. The van der Waals surface area contributed by atoms with E-state index in [2.05, 4.69) is 66.7 Å². The average Bonchev–Trinajstić information content (AvgIpc) is 2.51. The highest BCUT2D eigenvalue weighted by Gasteiger charge is 2.27. The number of nitrogens with zero attached hydrogens (tertiary/aromatic N) is 1. The fraction of sp³-hybridized carbons (Fsp3) is 0.611. The highest BCUT2D eigenvalue weighted by molar-refractivity contribution is 14.0. The molecule has 0 bridgehead atoms. The standard InChI is InChI=1S/C18H29N3O.HI/c1-18(2,3)21-17(19-4)20-13-15-11-8-12-22-16(15)14-9-6-5-7-10-14;/h5-7,9-10,15-16H,8,11-13H2,1-4H3,(H2,19,20,21);1H. The number of aliphatic imine (C=N–C) groups is 1. The molecule has 2 N–H and O–H groups in total. The average molecular weight is 431 g/mol. The van der Waals surface area contributed by atoms with Crippen molar-refractivity contribution >= 4 is 29.9 Å². The first-order valence-corrected chi connectivity index (χ1v) is 8.15. The van der Waals surface area contributed by atoms with Crippen LogP contribution in [-0.2, 0) is 4.74 Å². The van der Waals surface area contributed by atoms with Crippen LogP contribution in [0.25, 0.3) is 0 Å². The second kappa shape index (κ2) is 9.47. The van der Waals surface area contributed by atoms with Crippen LogP contribution in [0.3, 0.4) is 0 Å². The summed E-state index contributed by atoms with van der Waals surface area (Å²) in [6.45, 7) is 8.13. The Morgan fingerprint density at radius 3 is 2.57 bits per heavy atom. The Labute approximate surface area is 157 Å². The summed E-state index contributed by atoms with van der Waals surface area (Å²) in [6.07, 6.45) is 2.48. The molecule has 5 heteroatoms. The lowest BCUT2D eigenvalue weighted by molar-refractivity contribution is -0.0265. The molecular weight excluding hydrogens is 401 g/mol. The molecule has 0 spiro atoms. The maximum absolute atomic E-state index is 6.04. The van der Waals surface area contributed by atoms with E-state index in [0.717, 1.165) is 25.5 Å². The fourth-order valence-electron chi connectivity index (χ4n) is 2.83. The van der Waals surface area contributed by atoms with E-state index in [0.29, 0.717) is 5.92 Å². The molecular formula is C18H30IN3O. The second-order valence-electron chi connectivity index (χ2n) is 6.93. The topological polar surface area (TPSA) is 45.7 Å². The number of benzene rings is 1. The Balaban J connectivity index is 0.00000264. The Morgan fingerprint density at radius 1 is 1.26 bits per heavy atom. The summed E-state index contributed by atoms with van der Waals surface area (Å²) in [5, 5.41) is 6.85. The van der Waals surface area contributed by atoms with Crippen LogP contribution in [-0.4, -0.2) is 31.7 Å². The Kier molecular flexibility index (Phi) is 8.33. The summed E-state index contributed by atoms with van der Waals surface area (Å²) < 4.78 is 6.04. The molecule has 1 saturated heterocycles. The summed E-state index contributed by atoms with van der Waals surface area (Å²) in [6, 6.07) is 10.5. The first-order chi connectivity index (χ1) is 10.5. The smallest absolute Gasteiger partial charge is 0.191 e. The highest BCUT2D eigenvalue weighted by Crippen LogP contribution is 2.32. The van der Waals surface area contributed by atoms with E-state index < -0.39 is 0 Å². The third-order valence-electron chi connectivity index (χ3n) is 3.82. The van der Waals surface area contributed by atoms with Crippen molar-refractivity contribution in [3.05, 3.63) is 35.9 Å². The molecule has 2 atom stereocenters. The minimum Gasteiger partial charge on any atom is -0.373 e. The van der Waals surface area contributed by atoms with Gasteiger partial charge in [-0.15, -0.1) is 24.0 Å². The molecule has 1 aliphatic heterocycles. The molecule has 0 aromatic heterocycles. The molecule has 4 nitrogen and oxygen atoms in total. The zero-order valence-corrected chi connectivity index (χ0v) is 17.0. The molecule has 0 amide bonds. The summed E-state index contributed by atoms with van der Waals surface area (Å²) in [7, 11) is 1.81. The van der Waals surface area contributed by atoms with E-state index in [9.17, 15) is 0 Å². The van der Waals surface area contributed by atoms with Crippen LogP contribution in [0.5, 0.6) is 0 Å². The highest BCUT2D eigenvalue weighted by atomic mass is 127. The molecule has 1 heterocycles. The molecule has 1 aromatic carbocycles. The minimum absolute atomic E-state index is 0. The van der Waals surface area contributed by atoms with Crippen molar-refractivity contribution in [2.45, 2.75) is 45.3 Å². The lowest BCUT2D eigenvalue weighted by atomic mass is 9.89. The van der Waals surface area contributed by atoms with Gasteiger partial charge in [0.15, 0.2) is 5.96 Å². The van der Waals surface area contributed by atoms with Gasteiger partial charge in [-0.1, -0.05) is 30.3 Å². The van der Waals surface area contributed by atoms with Crippen molar-refractivity contribution in [2.24, 2.45) is 10.9 Å². The molecule has 2 rings (SSSR count). The van der Waals surface area contributed by atoms with Crippen LogP contribution in [0.4, 0.5) is 0 Å². The van der Waals surface area contributed by atoms with Crippen molar-refractivity contribution < 1.29 is 4.74 Å². The number of hydrogen-bond acceptors (Lipinski definition) is 2. The third kappa shape index (κ3) is 6.67. The zero-order valence-electron chi connectivity index (χ0n) is 14.6. The molecule has 1 aromatic rings. The van der Waals surface area contributed by atoms with E-state index in [1.165, 1.54) is 12.0 Å². The largest absolute Gasteiger partial charge is 0.373 e. The monoisotopic (exact) mass is 431 g/mol. The summed E-state index contributed by atoms with van der Waals surface area (Å²) in [5.41, 5.74) is 1.27. The Bertz CT molecular complexity index is 485. The maximum Gasteiger partial charge on any atom is 0.191 e. The van der Waals surface area contributed by atoms with E-state index in [1.807, 2.05) is 7.05 Å². The SMILES string of the molecule is CN=C(NCC1CCCOC1c1ccccc1)NC(C)(C)C.I. The summed E-state index contributed by atoms with van der Waals surface area (Å²) in [4.78, 5) is 4.31. The Morgan fingerprint density at radius 2 is 1.96 bits per heavy atom. The predicted molar refractivity (Wildman–Crippen MR) is 108 cm³/mol. The predicted octanol–water partition coefficient (Wildman–Crippen LogP) is 3.74. The van der Waals surface area contributed by atoms with E-state index in [1.54, 1.807) is 0 Å². The van der Waals surface area contributed by atoms with Gasteiger partial charge < -0.3 is 15.4 Å². The van der Waals surface area contributed by atoms with E-state index >= 15 is 0 Å². The van der Waals surface area contributed by atoms with Crippen LogP contribution in [0, 0.1) is 5.92 Å². The van der Waals surface area contributed by atoms with Gasteiger partial charge in [0.2, 0.25) is 0 Å². The van der Waals surface area contributed by atoms with E-state index in [-0.39, 0.29) is 35.6 Å². The third-order valence-corrected chi connectivity index (χ3v) is 3.82. The Hall–Kier alpha value is -0.820. The van der Waals surface area contributed by atoms with Crippen molar-refractivity contribution in [1.29, 1.82) is 0 Å². The first kappa shape index (κ1) is 20.2. The molecule has 1 aliphatic rings. The van der Waals surface area contributed by atoms with Gasteiger partial charge >= 0.3 is 0 Å². The number of guanidine groups is 1. The van der Waals surface area contributed by atoms with Crippen LogP contribution < -0.4 is 10.6 Å². The van der Waals surface area contributed by atoms with Gasteiger partial charge in [-0.2, -0.15) is 0 Å². The molecule has 1 fully saturated rings. The number of rotatable bonds is 3. The van der Waals surface area contributed by atoms with Crippen molar-refractivity contribution in [2.75, 3.05) is 20.2 Å². The van der Waals surface area contributed by atoms with Gasteiger partial charge in [0.05, 0.1) is 6.10 Å². The molecule has 130 valence electrons. The minimum atomic E-state index is 0. The normalized spacial score (nSPS) is 22.2. The summed E-state index contributed by atoms with van der Waals surface area (Å²) in [5.74, 6) is 1.32. The van der Waals surface area contributed by atoms with Gasteiger partial charge in [0.25, 0.3) is 0 Å². The second-order valence-corrected chi connectivity index (χ2v) is 6.93. The summed E-state index contributed by atoms with van der Waals surface area (Å²) >= 11 is 0. The van der Waals surface area contributed by atoms with Gasteiger partial charge in [0, 0.05) is 31.7 Å². The quantitative estimate of drug-likeness (QED) is 0.436. The lowest BCUT2D eigenvalue weighted by Gasteiger charge is -2.33. The van der Waals surface area contributed by atoms with Gasteiger partial charge in [-0.3, -0.25) is 4.99 Å². The van der Waals surface area contributed by atoms with Crippen molar-refractivity contribution in [1.82, 2.24) is 10.6 Å². The molecule has 0 saturated carbocycles.